The molecular formula is C14H20BrNO2. The van der Waals surface area contributed by atoms with E-state index < -0.39 is 0 Å². The molecule has 1 unspecified atom stereocenters. The van der Waals surface area contributed by atoms with Gasteiger partial charge in [-0.2, -0.15) is 0 Å². The summed E-state index contributed by atoms with van der Waals surface area (Å²) in [6.45, 7) is 6.35. The largest absolute Gasteiger partial charge is 0.496 e. The maximum absolute atomic E-state index is 10.7. The standard InChI is InChI=1S/C14H20BrNO2/c1-14(2,3)13(16-9-17)8-10-5-6-12(18-4)11(15)7-10/h5-7,9,13H,8H2,1-4H3,(H,16,17). The van der Waals surface area contributed by atoms with Gasteiger partial charge in [0.2, 0.25) is 6.41 Å². The van der Waals surface area contributed by atoms with E-state index in [1.807, 2.05) is 18.2 Å². The van der Waals surface area contributed by atoms with Crippen LogP contribution in [0.1, 0.15) is 26.3 Å². The van der Waals surface area contributed by atoms with Crippen LogP contribution in [-0.4, -0.2) is 19.6 Å². The maximum Gasteiger partial charge on any atom is 0.207 e. The average molecular weight is 314 g/mol. The topological polar surface area (TPSA) is 38.3 Å². The molecule has 0 spiro atoms. The first-order chi connectivity index (χ1) is 8.38. The molecule has 0 saturated heterocycles. The van der Waals surface area contributed by atoms with Gasteiger partial charge in [-0.1, -0.05) is 26.8 Å². The molecule has 1 amide bonds. The highest BCUT2D eigenvalue weighted by molar-refractivity contribution is 9.10. The summed E-state index contributed by atoms with van der Waals surface area (Å²) in [6.07, 6.45) is 1.57. The molecule has 1 N–H and O–H groups in total. The molecule has 1 aromatic carbocycles. The second-order valence-corrected chi connectivity index (χ2v) is 6.23. The van der Waals surface area contributed by atoms with Crippen molar-refractivity contribution in [2.75, 3.05) is 7.11 Å². The fourth-order valence-electron chi connectivity index (χ4n) is 1.77. The number of hydrogen-bond acceptors (Lipinski definition) is 2. The summed E-state index contributed by atoms with van der Waals surface area (Å²) in [5, 5.41) is 2.89. The number of hydrogen-bond donors (Lipinski definition) is 1. The predicted molar refractivity (Wildman–Crippen MR) is 76.8 cm³/mol. The Hall–Kier alpha value is -1.03. The Kier molecular flexibility index (Phi) is 5.20. The number of benzene rings is 1. The third-order valence-corrected chi connectivity index (χ3v) is 3.59. The highest BCUT2D eigenvalue weighted by atomic mass is 79.9. The Bertz CT molecular complexity index is 413. The fourth-order valence-corrected chi connectivity index (χ4v) is 2.36. The molecule has 0 aliphatic heterocycles. The minimum Gasteiger partial charge on any atom is -0.496 e. The van der Waals surface area contributed by atoms with Crippen LogP contribution in [0.2, 0.25) is 0 Å². The molecule has 0 saturated carbocycles. The zero-order chi connectivity index (χ0) is 13.8. The number of carbonyl (C=O) groups excluding carboxylic acids is 1. The van der Waals surface area contributed by atoms with Crippen LogP contribution in [0, 0.1) is 5.41 Å². The van der Waals surface area contributed by atoms with Gasteiger partial charge >= 0.3 is 0 Å². The number of halogens is 1. The minimum atomic E-state index is 0.0211. The van der Waals surface area contributed by atoms with Crippen LogP contribution in [0.15, 0.2) is 22.7 Å². The van der Waals surface area contributed by atoms with Crippen LogP contribution >= 0.6 is 15.9 Å². The van der Waals surface area contributed by atoms with Gasteiger partial charge in [0.25, 0.3) is 0 Å². The predicted octanol–water partition coefficient (Wildman–Crippen LogP) is 3.16. The summed E-state index contributed by atoms with van der Waals surface area (Å²) in [4.78, 5) is 10.7. The van der Waals surface area contributed by atoms with Gasteiger partial charge in [-0.15, -0.1) is 0 Å². The third kappa shape index (κ3) is 4.02. The molecule has 1 rings (SSSR count). The molecule has 0 aliphatic rings. The summed E-state index contributed by atoms with van der Waals surface area (Å²) in [7, 11) is 1.64. The fraction of sp³-hybridized carbons (Fsp3) is 0.500. The lowest BCUT2D eigenvalue weighted by Gasteiger charge is -2.30. The summed E-state index contributed by atoms with van der Waals surface area (Å²) in [5.74, 6) is 0.814. The van der Waals surface area contributed by atoms with Gasteiger partial charge in [-0.3, -0.25) is 4.79 Å². The molecule has 18 heavy (non-hydrogen) atoms. The normalized spacial score (nSPS) is 12.9. The van der Waals surface area contributed by atoms with Crippen molar-refractivity contribution >= 4 is 22.3 Å². The lowest BCUT2D eigenvalue weighted by molar-refractivity contribution is -0.110. The molecule has 3 nitrogen and oxygen atoms in total. The highest BCUT2D eigenvalue weighted by Crippen LogP contribution is 2.28. The Labute approximate surface area is 117 Å². The Balaban J connectivity index is 2.87. The van der Waals surface area contributed by atoms with Gasteiger partial charge in [0.1, 0.15) is 5.75 Å². The molecule has 1 aromatic rings. The Morgan fingerprint density at radius 3 is 2.56 bits per heavy atom. The monoisotopic (exact) mass is 313 g/mol. The van der Waals surface area contributed by atoms with Crippen LogP contribution in [-0.2, 0) is 11.2 Å². The zero-order valence-electron chi connectivity index (χ0n) is 11.3. The molecule has 4 heteroatoms. The Morgan fingerprint density at radius 2 is 2.11 bits per heavy atom. The van der Waals surface area contributed by atoms with Crippen molar-refractivity contribution < 1.29 is 9.53 Å². The average Bonchev–Trinajstić information content (AvgIpc) is 2.27. The number of amides is 1. The molecule has 0 aromatic heterocycles. The van der Waals surface area contributed by atoms with E-state index in [2.05, 4.69) is 42.0 Å². The molecule has 1 atom stereocenters. The van der Waals surface area contributed by atoms with E-state index in [9.17, 15) is 4.79 Å². The van der Waals surface area contributed by atoms with Crippen molar-refractivity contribution in [1.82, 2.24) is 5.32 Å². The lowest BCUT2D eigenvalue weighted by atomic mass is 9.83. The smallest absolute Gasteiger partial charge is 0.207 e. The SMILES string of the molecule is COc1ccc(CC(NC=O)C(C)(C)C)cc1Br. The van der Waals surface area contributed by atoms with E-state index in [-0.39, 0.29) is 11.5 Å². The van der Waals surface area contributed by atoms with Crippen molar-refractivity contribution in [1.29, 1.82) is 0 Å². The second-order valence-electron chi connectivity index (χ2n) is 5.38. The zero-order valence-corrected chi connectivity index (χ0v) is 12.9. The highest BCUT2D eigenvalue weighted by Gasteiger charge is 2.24. The molecule has 0 heterocycles. The first-order valence-corrected chi connectivity index (χ1v) is 6.70. The van der Waals surface area contributed by atoms with Crippen LogP contribution in [0.5, 0.6) is 5.75 Å². The van der Waals surface area contributed by atoms with Gasteiger partial charge in [0, 0.05) is 6.04 Å². The molecule has 100 valence electrons. The number of rotatable bonds is 5. The van der Waals surface area contributed by atoms with Crippen LogP contribution in [0.25, 0.3) is 0 Å². The van der Waals surface area contributed by atoms with Gasteiger partial charge in [-0.25, -0.2) is 0 Å². The van der Waals surface area contributed by atoms with Crippen LogP contribution in [0.3, 0.4) is 0 Å². The first-order valence-electron chi connectivity index (χ1n) is 5.90. The molecule has 0 radical (unpaired) electrons. The van der Waals surface area contributed by atoms with Crippen molar-refractivity contribution in [2.45, 2.75) is 33.2 Å². The van der Waals surface area contributed by atoms with Gasteiger partial charge in [0.05, 0.1) is 11.6 Å². The quantitative estimate of drug-likeness (QED) is 0.848. The summed E-state index contributed by atoms with van der Waals surface area (Å²) in [5.41, 5.74) is 1.18. The van der Waals surface area contributed by atoms with Crippen molar-refractivity contribution in [3.8, 4) is 5.75 Å². The van der Waals surface area contributed by atoms with E-state index in [0.29, 0.717) is 0 Å². The molecular weight excluding hydrogens is 294 g/mol. The van der Waals surface area contributed by atoms with E-state index in [1.54, 1.807) is 7.11 Å². The van der Waals surface area contributed by atoms with Gasteiger partial charge in [-0.05, 0) is 45.5 Å². The van der Waals surface area contributed by atoms with Crippen molar-refractivity contribution in [3.63, 3.8) is 0 Å². The molecule has 0 bridgehead atoms. The second kappa shape index (κ2) is 6.23. The summed E-state index contributed by atoms with van der Waals surface area (Å²) < 4.78 is 6.13. The van der Waals surface area contributed by atoms with Crippen molar-refractivity contribution in [2.24, 2.45) is 5.41 Å². The summed E-state index contributed by atoms with van der Waals surface area (Å²) in [6, 6.07) is 6.09. The number of methoxy groups -OCH3 is 1. The molecule has 0 aliphatic carbocycles. The number of nitrogens with one attached hydrogen (secondary N) is 1. The van der Waals surface area contributed by atoms with E-state index >= 15 is 0 Å². The van der Waals surface area contributed by atoms with Crippen molar-refractivity contribution in [3.05, 3.63) is 28.2 Å². The third-order valence-electron chi connectivity index (χ3n) is 2.97. The number of carbonyl (C=O) groups is 1. The lowest BCUT2D eigenvalue weighted by Crippen LogP contribution is -2.41. The van der Waals surface area contributed by atoms with E-state index in [0.717, 1.165) is 28.6 Å². The van der Waals surface area contributed by atoms with Gasteiger partial charge < -0.3 is 10.1 Å². The number of ether oxygens (including phenoxy) is 1. The van der Waals surface area contributed by atoms with E-state index in [1.165, 1.54) is 0 Å². The van der Waals surface area contributed by atoms with Crippen LogP contribution < -0.4 is 10.1 Å². The van der Waals surface area contributed by atoms with E-state index in [4.69, 9.17) is 4.74 Å². The summed E-state index contributed by atoms with van der Waals surface area (Å²) >= 11 is 3.47. The van der Waals surface area contributed by atoms with Gasteiger partial charge in [0.15, 0.2) is 0 Å². The molecule has 0 fully saturated rings. The van der Waals surface area contributed by atoms with Crippen LogP contribution in [0.4, 0.5) is 0 Å². The Morgan fingerprint density at radius 1 is 1.44 bits per heavy atom. The first kappa shape index (κ1) is 15.0. The minimum absolute atomic E-state index is 0.0211. The maximum atomic E-state index is 10.7.